The molecule has 0 amide bonds. The van der Waals surface area contributed by atoms with E-state index in [2.05, 4.69) is 10.1 Å². The summed E-state index contributed by atoms with van der Waals surface area (Å²) < 4.78 is 43.4. The highest BCUT2D eigenvalue weighted by Crippen LogP contribution is 2.41. The van der Waals surface area contributed by atoms with Crippen molar-refractivity contribution in [3.63, 3.8) is 0 Å². The number of aromatic nitrogens is 3. The molecule has 0 bridgehead atoms. The monoisotopic (exact) mass is 393 g/mol. The molecule has 2 heterocycles. The van der Waals surface area contributed by atoms with Gasteiger partial charge >= 0.3 is 6.18 Å². The number of rotatable bonds is 2. The molecular weight excluding hydrogens is 379 g/mol. The average molecular weight is 393 g/mol. The third kappa shape index (κ3) is 3.17. The van der Waals surface area contributed by atoms with Gasteiger partial charge in [0.2, 0.25) is 0 Å². The molecule has 0 saturated carbocycles. The highest BCUT2D eigenvalue weighted by Gasteiger charge is 2.36. The Hall–Kier alpha value is -3.86. The number of pyridine rings is 1. The number of hydrogen-bond acceptors (Lipinski definition) is 4. The fourth-order valence-electron chi connectivity index (χ4n) is 3.30. The van der Waals surface area contributed by atoms with Gasteiger partial charge in [0.1, 0.15) is 6.07 Å². The number of nitriles is 1. The van der Waals surface area contributed by atoms with Gasteiger partial charge < -0.3 is 5.73 Å². The van der Waals surface area contributed by atoms with Crippen LogP contribution in [0.5, 0.6) is 0 Å². The number of aryl methyl sites for hydroxylation is 1. The summed E-state index contributed by atoms with van der Waals surface area (Å²) in [6.07, 6.45) is -4.62. The van der Waals surface area contributed by atoms with Crippen molar-refractivity contribution in [2.24, 2.45) is 7.05 Å². The van der Waals surface area contributed by atoms with E-state index in [0.717, 1.165) is 6.07 Å². The normalized spacial score (nSPS) is 11.6. The summed E-state index contributed by atoms with van der Waals surface area (Å²) in [6.45, 7) is 0. The Balaban J connectivity index is 2.04. The van der Waals surface area contributed by atoms with Crippen LogP contribution in [0.25, 0.3) is 33.5 Å². The zero-order valence-corrected chi connectivity index (χ0v) is 15.2. The Morgan fingerprint density at radius 3 is 2.41 bits per heavy atom. The van der Waals surface area contributed by atoms with Crippen molar-refractivity contribution in [3.05, 3.63) is 65.7 Å². The molecule has 8 heteroatoms. The predicted molar refractivity (Wildman–Crippen MR) is 104 cm³/mol. The smallest absolute Gasteiger partial charge is 0.398 e. The van der Waals surface area contributed by atoms with Crippen molar-refractivity contribution < 1.29 is 13.2 Å². The maximum absolute atomic E-state index is 14.0. The summed E-state index contributed by atoms with van der Waals surface area (Å²) in [5.41, 5.74) is 6.65. The first-order chi connectivity index (χ1) is 13.8. The summed E-state index contributed by atoms with van der Waals surface area (Å²) in [5.74, 6) is 0. The predicted octanol–water partition coefficient (Wildman–Crippen LogP) is 4.77. The highest BCUT2D eigenvalue weighted by atomic mass is 19.4. The van der Waals surface area contributed by atoms with Crippen LogP contribution in [-0.2, 0) is 13.2 Å². The molecule has 2 N–H and O–H groups in total. The lowest BCUT2D eigenvalue weighted by atomic mass is 10.0. The summed E-state index contributed by atoms with van der Waals surface area (Å²) in [7, 11) is 1.58. The third-order valence-electron chi connectivity index (χ3n) is 4.63. The minimum absolute atomic E-state index is 0.0217. The number of anilines is 1. The number of nitrogens with two attached hydrogens (primary N) is 1. The van der Waals surface area contributed by atoms with E-state index in [-0.39, 0.29) is 28.0 Å². The number of fused-ring (bicyclic) bond motifs is 1. The van der Waals surface area contributed by atoms with Gasteiger partial charge in [-0.15, -0.1) is 0 Å². The van der Waals surface area contributed by atoms with Crippen LogP contribution in [-0.4, -0.2) is 14.8 Å². The van der Waals surface area contributed by atoms with E-state index in [1.807, 2.05) is 6.07 Å². The van der Waals surface area contributed by atoms with Crippen LogP contribution in [0.1, 0.15) is 11.1 Å². The number of nitrogen functional groups attached to an aromatic ring is 1. The van der Waals surface area contributed by atoms with Crippen molar-refractivity contribution in [2.75, 3.05) is 5.73 Å². The Morgan fingerprint density at radius 1 is 1.03 bits per heavy atom. The molecule has 144 valence electrons. The molecule has 4 rings (SSSR count). The lowest BCUT2D eigenvalue weighted by molar-refractivity contribution is -0.136. The molecular formula is C21H14F3N5. The van der Waals surface area contributed by atoms with Gasteiger partial charge in [0.05, 0.1) is 27.9 Å². The van der Waals surface area contributed by atoms with E-state index in [4.69, 9.17) is 11.0 Å². The van der Waals surface area contributed by atoms with Gasteiger partial charge in [0.25, 0.3) is 0 Å². The van der Waals surface area contributed by atoms with Crippen molar-refractivity contribution in [2.45, 2.75) is 6.18 Å². The highest BCUT2D eigenvalue weighted by molar-refractivity contribution is 5.95. The minimum Gasteiger partial charge on any atom is -0.398 e. The second kappa shape index (κ2) is 6.63. The van der Waals surface area contributed by atoms with Crippen molar-refractivity contribution in [1.29, 1.82) is 5.26 Å². The van der Waals surface area contributed by atoms with Crippen LogP contribution in [0, 0.1) is 11.3 Å². The summed E-state index contributed by atoms with van der Waals surface area (Å²) in [6, 6.07) is 16.1. The molecule has 0 spiro atoms. The first kappa shape index (κ1) is 18.5. The van der Waals surface area contributed by atoms with Gasteiger partial charge in [-0.1, -0.05) is 36.4 Å². The number of alkyl halides is 3. The number of hydrogen-bond donors (Lipinski definition) is 1. The molecule has 0 unspecified atom stereocenters. The fraction of sp³-hybridized carbons (Fsp3) is 0.0952. The summed E-state index contributed by atoms with van der Waals surface area (Å²) in [5, 5.41) is 13.3. The summed E-state index contributed by atoms with van der Waals surface area (Å²) >= 11 is 0. The van der Waals surface area contributed by atoms with E-state index in [0.29, 0.717) is 16.8 Å². The van der Waals surface area contributed by atoms with Crippen LogP contribution in [0.15, 0.2) is 54.6 Å². The lowest BCUT2D eigenvalue weighted by Crippen LogP contribution is -2.07. The standard InChI is InChI=1S/C21H14F3N5/c1-29-19(12-5-3-2-4-6-12)18-15(21(22,23)24)10-17(27-20(18)28-29)13-7-8-16(26)14(9-13)11-25/h2-10H,26H2,1H3. The van der Waals surface area contributed by atoms with Crippen LogP contribution >= 0.6 is 0 Å². The van der Waals surface area contributed by atoms with Gasteiger partial charge in [0.15, 0.2) is 5.65 Å². The fourth-order valence-corrected chi connectivity index (χ4v) is 3.30. The van der Waals surface area contributed by atoms with Crippen molar-refractivity contribution in [3.8, 4) is 28.6 Å². The van der Waals surface area contributed by atoms with E-state index < -0.39 is 11.7 Å². The third-order valence-corrected chi connectivity index (χ3v) is 4.63. The Labute approximate surface area is 163 Å². The molecule has 0 aliphatic rings. The number of nitrogens with zero attached hydrogens (tertiary/aromatic N) is 4. The minimum atomic E-state index is -4.62. The van der Waals surface area contributed by atoms with Crippen molar-refractivity contribution in [1.82, 2.24) is 14.8 Å². The Morgan fingerprint density at radius 2 is 1.76 bits per heavy atom. The molecule has 0 aliphatic carbocycles. The number of benzene rings is 2. The first-order valence-electron chi connectivity index (χ1n) is 8.60. The molecule has 4 aromatic rings. The topological polar surface area (TPSA) is 80.5 Å². The largest absolute Gasteiger partial charge is 0.417 e. The van der Waals surface area contributed by atoms with Gasteiger partial charge in [-0.25, -0.2) is 4.98 Å². The molecule has 0 saturated heterocycles. The molecule has 0 atom stereocenters. The average Bonchev–Trinajstić information content (AvgIpc) is 3.03. The van der Waals surface area contributed by atoms with Crippen molar-refractivity contribution >= 4 is 16.7 Å². The number of halogens is 3. The molecule has 2 aromatic heterocycles. The second-order valence-corrected chi connectivity index (χ2v) is 6.50. The van der Waals surface area contributed by atoms with Crippen LogP contribution in [0.4, 0.5) is 18.9 Å². The molecule has 2 aromatic carbocycles. The SMILES string of the molecule is Cn1nc2nc(-c3ccc(N)c(C#N)c3)cc(C(F)(F)F)c2c1-c1ccccc1. The first-order valence-corrected chi connectivity index (χ1v) is 8.60. The van der Waals surface area contributed by atoms with E-state index >= 15 is 0 Å². The Kier molecular flexibility index (Phi) is 4.23. The van der Waals surface area contributed by atoms with Gasteiger partial charge in [-0.05, 0) is 18.2 Å². The molecule has 0 radical (unpaired) electrons. The lowest BCUT2D eigenvalue weighted by Gasteiger charge is -2.12. The Bertz CT molecular complexity index is 1270. The maximum Gasteiger partial charge on any atom is 0.417 e. The van der Waals surface area contributed by atoms with Crippen LogP contribution < -0.4 is 5.73 Å². The van der Waals surface area contributed by atoms with Crippen LogP contribution in [0.2, 0.25) is 0 Å². The quantitative estimate of drug-likeness (QED) is 0.497. The molecule has 0 aliphatic heterocycles. The molecule has 29 heavy (non-hydrogen) atoms. The second-order valence-electron chi connectivity index (χ2n) is 6.50. The van der Waals surface area contributed by atoms with E-state index in [9.17, 15) is 13.2 Å². The molecule has 0 fully saturated rings. The zero-order chi connectivity index (χ0) is 20.8. The van der Waals surface area contributed by atoms with Gasteiger partial charge in [-0.3, -0.25) is 4.68 Å². The van der Waals surface area contributed by atoms with Gasteiger partial charge in [-0.2, -0.15) is 23.5 Å². The van der Waals surface area contributed by atoms with E-state index in [1.165, 1.54) is 22.9 Å². The summed E-state index contributed by atoms with van der Waals surface area (Å²) in [4.78, 5) is 4.35. The zero-order valence-electron chi connectivity index (χ0n) is 15.2. The van der Waals surface area contributed by atoms with E-state index in [1.54, 1.807) is 37.4 Å². The van der Waals surface area contributed by atoms with Gasteiger partial charge in [0, 0.05) is 23.9 Å². The molecule has 5 nitrogen and oxygen atoms in total. The maximum atomic E-state index is 14.0. The van der Waals surface area contributed by atoms with Crippen LogP contribution in [0.3, 0.4) is 0 Å².